The van der Waals surface area contributed by atoms with Crippen LogP contribution in [0.5, 0.6) is 17.4 Å². The largest absolute Gasteiger partial charge is 0.486 e. The van der Waals surface area contributed by atoms with Gasteiger partial charge in [-0.15, -0.1) is 0 Å². The van der Waals surface area contributed by atoms with Crippen molar-refractivity contribution in [3.8, 4) is 17.4 Å². The lowest BCUT2D eigenvalue weighted by Crippen LogP contribution is -2.35. The van der Waals surface area contributed by atoms with Crippen molar-refractivity contribution in [1.29, 1.82) is 0 Å². The fourth-order valence-corrected chi connectivity index (χ4v) is 1.93. The van der Waals surface area contributed by atoms with E-state index in [9.17, 15) is 0 Å². The van der Waals surface area contributed by atoms with E-state index in [0.717, 1.165) is 11.5 Å². The van der Waals surface area contributed by atoms with Crippen molar-refractivity contribution in [3.05, 3.63) is 36.7 Å². The van der Waals surface area contributed by atoms with Crippen LogP contribution in [0.15, 0.2) is 36.7 Å². The Kier molecular flexibility index (Phi) is 3.54. The summed E-state index contributed by atoms with van der Waals surface area (Å²) in [6.07, 6.45) is 1.39. The lowest BCUT2D eigenvalue weighted by Gasteiger charge is -2.26. The van der Waals surface area contributed by atoms with Gasteiger partial charge in [-0.25, -0.2) is 9.97 Å². The third-order valence-corrected chi connectivity index (χ3v) is 2.93. The van der Waals surface area contributed by atoms with Crippen LogP contribution in [0.1, 0.15) is 0 Å². The monoisotopic (exact) mass is 273 g/mol. The normalized spacial score (nSPS) is 16.6. The van der Waals surface area contributed by atoms with Crippen LogP contribution in [-0.2, 0) is 0 Å². The maximum Gasteiger partial charge on any atom is 0.218 e. The molecule has 0 spiro atoms. The number of hydrogen-bond acceptors (Lipinski definition) is 6. The Bertz CT molecular complexity index is 591. The van der Waals surface area contributed by atoms with E-state index in [1.54, 1.807) is 13.2 Å². The van der Waals surface area contributed by atoms with Crippen LogP contribution in [0.25, 0.3) is 0 Å². The van der Waals surface area contributed by atoms with Crippen molar-refractivity contribution < 1.29 is 14.2 Å². The summed E-state index contributed by atoms with van der Waals surface area (Å²) >= 11 is 0. The fraction of sp³-hybridized carbons (Fsp3) is 0.286. The Balaban J connectivity index is 1.60. The second kappa shape index (κ2) is 5.64. The van der Waals surface area contributed by atoms with Gasteiger partial charge in [-0.3, -0.25) is 0 Å². The van der Waals surface area contributed by atoms with Gasteiger partial charge in [0.05, 0.1) is 13.7 Å². The summed E-state index contributed by atoms with van der Waals surface area (Å²) in [4.78, 5) is 8.07. The molecule has 0 saturated heterocycles. The zero-order valence-corrected chi connectivity index (χ0v) is 11.1. The molecule has 20 heavy (non-hydrogen) atoms. The molecular weight excluding hydrogens is 258 g/mol. The van der Waals surface area contributed by atoms with E-state index in [0.29, 0.717) is 24.8 Å². The minimum Gasteiger partial charge on any atom is -0.486 e. The number of rotatable bonds is 4. The first-order chi connectivity index (χ1) is 9.85. The van der Waals surface area contributed by atoms with Crippen LogP contribution in [0.4, 0.5) is 5.82 Å². The molecule has 0 aliphatic carbocycles. The van der Waals surface area contributed by atoms with Crippen LogP contribution < -0.4 is 19.5 Å². The van der Waals surface area contributed by atoms with Gasteiger partial charge in [0.25, 0.3) is 0 Å². The SMILES string of the molecule is COc1cc(NCC2COc3ccccc3O2)ncn1. The molecule has 0 saturated carbocycles. The predicted octanol–water partition coefficient (Wildman–Crippen LogP) is 1.74. The van der Waals surface area contributed by atoms with E-state index in [1.807, 2.05) is 24.3 Å². The molecule has 1 aliphatic rings. The molecule has 1 aromatic heterocycles. The van der Waals surface area contributed by atoms with Gasteiger partial charge in [0.2, 0.25) is 5.88 Å². The lowest BCUT2D eigenvalue weighted by molar-refractivity contribution is 0.0997. The number of ether oxygens (including phenoxy) is 3. The Morgan fingerprint density at radius 3 is 3.00 bits per heavy atom. The molecule has 2 heterocycles. The van der Waals surface area contributed by atoms with Gasteiger partial charge in [0.15, 0.2) is 11.5 Å². The minimum absolute atomic E-state index is 0.0640. The standard InChI is InChI=1S/C14H15N3O3/c1-18-14-6-13(16-9-17-14)15-7-10-8-19-11-4-2-3-5-12(11)20-10/h2-6,9-10H,7-8H2,1H3,(H,15,16,17). The summed E-state index contributed by atoms with van der Waals surface area (Å²) in [5, 5.41) is 3.18. The maximum absolute atomic E-state index is 5.85. The summed E-state index contributed by atoms with van der Waals surface area (Å²) in [6, 6.07) is 9.38. The van der Waals surface area contributed by atoms with Gasteiger partial charge in [0.1, 0.15) is 24.9 Å². The zero-order chi connectivity index (χ0) is 13.8. The van der Waals surface area contributed by atoms with Crippen molar-refractivity contribution >= 4 is 5.82 Å². The van der Waals surface area contributed by atoms with Gasteiger partial charge < -0.3 is 19.5 Å². The molecular formula is C14H15N3O3. The van der Waals surface area contributed by atoms with Crippen molar-refractivity contribution in [3.63, 3.8) is 0 Å². The van der Waals surface area contributed by atoms with Gasteiger partial charge in [-0.2, -0.15) is 0 Å². The Labute approximate surface area is 116 Å². The summed E-state index contributed by atoms with van der Waals surface area (Å²) in [7, 11) is 1.57. The number of nitrogens with zero attached hydrogens (tertiary/aromatic N) is 2. The van der Waals surface area contributed by atoms with Gasteiger partial charge in [-0.05, 0) is 12.1 Å². The van der Waals surface area contributed by atoms with E-state index in [1.165, 1.54) is 6.33 Å². The molecule has 104 valence electrons. The van der Waals surface area contributed by atoms with E-state index >= 15 is 0 Å². The molecule has 0 fully saturated rings. The lowest BCUT2D eigenvalue weighted by atomic mass is 10.2. The quantitative estimate of drug-likeness (QED) is 0.915. The molecule has 0 bridgehead atoms. The van der Waals surface area contributed by atoms with E-state index in [-0.39, 0.29) is 6.10 Å². The Hall–Kier alpha value is -2.50. The third kappa shape index (κ3) is 2.74. The number of benzene rings is 1. The first kappa shape index (κ1) is 12.5. The van der Waals surface area contributed by atoms with Crippen LogP contribution in [0.3, 0.4) is 0 Å². The Morgan fingerprint density at radius 1 is 1.30 bits per heavy atom. The van der Waals surface area contributed by atoms with E-state index in [4.69, 9.17) is 14.2 Å². The molecule has 6 heteroatoms. The van der Waals surface area contributed by atoms with E-state index < -0.39 is 0 Å². The summed E-state index contributed by atoms with van der Waals surface area (Å²) in [5.41, 5.74) is 0. The number of anilines is 1. The number of methoxy groups -OCH3 is 1. The van der Waals surface area contributed by atoms with Crippen LogP contribution in [-0.4, -0.2) is 36.3 Å². The molecule has 0 radical (unpaired) electrons. The summed E-state index contributed by atoms with van der Waals surface area (Å²) in [5.74, 6) is 2.77. The minimum atomic E-state index is -0.0640. The van der Waals surface area contributed by atoms with Crippen molar-refractivity contribution in [2.24, 2.45) is 0 Å². The summed E-state index contributed by atoms with van der Waals surface area (Å²) in [6.45, 7) is 1.10. The second-order valence-electron chi connectivity index (χ2n) is 4.32. The average molecular weight is 273 g/mol. The topological polar surface area (TPSA) is 65.5 Å². The predicted molar refractivity (Wildman–Crippen MR) is 73.4 cm³/mol. The van der Waals surface area contributed by atoms with Crippen LogP contribution >= 0.6 is 0 Å². The molecule has 1 aliphatic heterocycles. The molecule has 3 rings (SSSR count). The van der Waals surface area contributed by atoms with Crippen molar-refractivity contribution in [2.45, 2.75) is 6.10 Å². The van der Waals surface area contributed by atoms with Crippen molar-refractivity contribution in [1.82, 2.24) is 9.97 Å². The second-order valence-corrected chi connectivity index (χ2v) is 4.32. The van der Waals surface area contributed by atoms with Gasteiger partial charge in [0, 0.05) is 6.07 Å². The zero-order valence-electron chi connectivity index (χ0n) is 11.1. The maximum atomic E-state index is 5.85. The molecule has 0 amide bonds. The molecule has 1 atom stereocenters. The highest BCUT2D eigenvalue weighted by atomic mass is 16.6. The highest BCUT2D eigenvalue weighted by Crippen LogP contribution is 2.30. The number of nitrogens with one attached hydrogen (secondary N) is 1. The van der Waals surface area contributed by atoms with Crippen LogP contribution in [0.2, 0.25) is 0 Å². The molecule has 1 unspecified atom stereocenters. The van der Waals surface area contributed by atoms with Crippen LogP contribution in [0, 0.1) is 0 Å². The van der Waals surface area contributed by atoms with Gasteiger partial charge >= 0.3 is 0 Å². The van der Waals surface area contributed by atoms with Crippen molar-refractivity contribution in [2.75, 3.05) is 25.6 Å². The fourth-order valence-electron chi connectivity index (χ4n) is 1.93. The highest BCUT2D eigenvalue weighted by Gasteiger charge is 2.20. The molecule has 1 aromatic carbocycles. The van der Waals surface area contributed by atoms with Gasteiger partial charge in [-0.1, -0.05) is 12.1 Å². The number of hydrogen-bond donors (Lipinski definition) is 1. The number of fused-ring (bicyclic) bond motifs is 1. The van der Waals surface area contributed by atoms with E-state index in [2.05, 4.69) is 15.3 Å². The molecule has 6 nitrogen and oxygen atoms in total. The number of aromatic nitrogens is 2. The number of para-hydroxylation sites is 2. The smallest absolute Gasteiger partial charge is 0.218 e. The highest BCUT2D eigenvalue weighted by molar-refractivity contribution is 5.41. The first-order valence-electron chi connectivity index (χ1n) is 6.33. The first-order valence-corrected chi connectivity index (χ1v) is 6.33. The average Bonchev–Trinajstić information content (AvgIpc) is 2.53. The molecule has 1 N–H and O–H groups in total. The summed E-state index contributed by atoms with van der Waals surface area (Å²) < 4.78 is 16.5. The molecule has 2 aromatic rings. The third-order valence-electron chi connectivity index (χ3n) is 2.93. The Morgan fingerprint density at radius 2 is 2.15 bits per heavy atom.